The van der Waals surface area contributed by atoms with E-state index in [4.69, 9.17) is 29.4 Å². The van der Waals surface area contributed by atoms with Crippen molar-refractivity contribution in [2.45, 2.75) is 309 Å². The number of piperidine rings is 2. The second-order valence-corrected chi connectivity index (χ2v) is 34.3. The van der Waals surface area contributed by atoms with E-state index in [1.807, 2.05) is 210 Å². The van der Waals surface area contributed by atoms with Gasteiger partial charge in [-0.15, -0.1) is 0 Å². The molecular formula is C83H145N14O10+. The monoisotopic (exact) mass is 1500 g/mol. The molecule has 24 nitrogen and oxygen atoms in total. The van der Waals surface area contributed by atoms with Crippen LogP contribution in [0.3, 0.4) is 0 Å². The Labute approximate surface area is 646 Å². The maximum atomic E-state index is 12.0. The number of nitrogens with zero attached hydrogens (tertiary/aromatic N) is 11. The van der Waals surface area contributed by atoms with Crippen LogP contribution in [0.25, 0.3) is 0 Å². The summed E-state index contributed by atoms with van der Waals surface area (Å²) >= 11 is 0. The summed E-state index contributed by atoms with van der Waals surface area (Å²) in [7, 11) is 17.6. The van der Waals surface area contributed by atoms with Crippen LogP contribution in [0.4, 0.5) is 46.7 Å². The van der Waals surface area contributed by atoms with Gasteiger partial charge in [-0.1, -0.05) is 0 Å². The molecule has 6 unspecified atom stereocenters. The molecule has 0 spiro atoms. The lowest BCUT2D eigenvalue weighted by molar-refractivity contribution is -0.683. The Hall–Kier alpha value is -7.83. The number of pyridine rings is 4. The van der Waals surface area contributed by atoms with E-state index in [0.717, 1.165) is 100 Å². The molecule has 4 aromatic heterocycles. The normalized spacial score (nSPS) is 19.5. The molecule has 6 atom stereocenters. The molecule has 107 heavy (non-hydrogen) atoms. The summed E-state index contributed by atoms with van der Waals surface area (Å²) in [4.78, 5) is 85.6. The lowest BCUT2D eigenvalue weighted by atomic mass is 9.93. The second-order valence-electron chi connectivity index (χ2n) is 34.3. The SMILES string of the molecule is CC1=CC(N(C)C(=O)OC(C)(C)C)CC(C)N1C.CC1CC(N(C)C(=O)OC(C)(C)C)CC(C)N1C.CNC1CC(C)N(C)C(C)C1.Cc1cc(N(C)C(=O)OC(C)(C)C)cc(C)[n+]1C.Cc1cc(N(C)C(=O)OC(C)(C)C)cc(C)n1.Cc1cc(N)cc(C)n1.Cc1cc(NC(=O)OC(C)(C)C)cc(C)n1. The van der Waals surface area contributed by atoms with Crippen molar-refractivity contribution in [3.63, 3.8) is 0 Å². The molecule has 24 heteroatoms. The molecule has 4 aromatic rings. The van der Waals surface area contributed by atoms with Crippen molar-refractivity contribution in [1.29, 1.82) is 0 Å². The number of likely N-dealkylation sites (tertiary alicyclic amines) is 2. The number of carbonyl (C=O) groups excluding carboxylic acids is 5. The molecule has 0 radical (unpaired) electrons. The van der Waals surface area contributed by atoms with E-state index in [1.165, 1.54) is 28.3 Å². The van der Waals surface area contributed by atoms with E-state index in [-0.39, 0.29) is 36.5 Å². The second kappa shape index (κ2) is 42.2. The van der Waals surface area contributed by atoms with E-state index in [9.17, 15) is 24.0 Å². The Bertz CT molecular complexity index is 3370. The highest BCUT2D eigenvalue weighted by Crippen LogP contribution is 2.28. The molecule has 606 valence electrons. The predicted molar refractivity (Wildman–Crippen MR) is 438 cm³/mol. The summed E-state index contributed by atoms with van der Waals surface area (Å²) in [6.45, 7) is 56.7. The fourth-order valence-corrected chi connectivity index (χ4v) is 11.6. The van der Waals surface area contributed by atoms with Crippen LogP contribution in [0.5, 0.6) is 0 Å². The molecule has 3 aliphatic heterocycles. The van der Waals surface area contributed by atoms with Crippen LogP contribution >= 0.6 is 0 Å². The first-order chi connectivity index (χ1) is 48.6. The summed E-state index contributed by atoms with van der Waals surface area (Å²) in [6, 6.07) is 19.0. The molecule has 0 aromatic carbocycles. The molecule has 7 rings (SSSR count). The highest BCUT2D eigenvalue weighted by atomic mass is 16.6. The van der Waals surface area contributed by atoms with Crippen molar-refractivity contribution >= 4 is 53.2 Å². The van der Waals surface area contributed by atoms with Gasteiger partial charge in [-0.05, 0) is 283 Å². The molecule has 3 aliphatic rings. The Morgan fingerprint density at radius 2 is 0.776 bits per heavy atom. The number of carbonyl (C=O) groups is 5. The number of anilines is 4. The number of allylic oxidation sites excluding steroid dienone is 1. The fraction of sp³-hybridized carbons (Fsp3) is 0.675. The number of rotatable bonds is 6. The minimum atomic E-state index is -0.485. The van der Waals surface area contributed by atoms with Gasteiger partial charge in [0.25, 0.3) is 0 Å². The quantitative estimate of drug-likeness (QED) is 0.120. The molecule has 0 aliphatic carbocycles. The van der Waals surface area contributed by atoms with Gasteiger partial charge in [0.15, 0.2) is 11.4 Å². The van der Waals surface area contributed by atoms with Crippen molar-refractivity contribution < 1.29 is 52.2 Å². The third-order valence-corrected chi connectivity index (χ3v) is 18.1. The molecule has 2 saturated heterocycles. The number of ether oxygens (including phenoxy) is 5. The van der Waals surface area contributed by atoms with Gasteiger partial charge >= 0.3 is 30.5 Å². The summed E-state index contributed by atoms with van der Waals surface area (Å²) in [5.41, 5.74) is 15.2. The summed E-state index contributed by atoms with van der Waals surface area (Å²) in [6.07, 6.45) is 6.05. The van der Waals surface area contributed by atoms with Crippen molar-refractivity contribution in [2.24, 2.45) is 7.05 Å². The van der Waals surface area contributed by atoms with Crippen LogP contribution in [0, 0.1) is 55.4 Å². The summed E-state index contributed by atoms with van der Waals surface area (Å²) in [5, 5.41) is 6.04. The standard InChI is InChI=1S/C14H28N2O2.C14H26N2O2.C14H23N2O2.C13H20N2O2.C12H18N2O2.C9H20N2.C7H10N2/c3*1-10-8-12(9-11(2)15(10)6)16(7)13(17)18-14(3,4)5;1-9-7-11(8-10(2)14-9)15(6)12(16)17-13(3,4)5;1-8-6-10(7-9(2)13-8)14-11(15)16-12(3,4)5;1-7-5-9(10-3)6-8(2)11(7)4;1-5-3-7(8)4-6(2)9-5/h10-12H,8-9H2,1-7H3;8,11-12H,9H2,1-7H3;8-9H,1-7H3;7-8H,1-6H3;6-7H,1-5H3,(H,13,14,15);7-10H,5-6H2,1-4H3;3-4H,1-2H3,(H2,8,9)/q;;+1;;;;. The van der Waals surface area contributed by atoms with Crippen LogP contribution in [0.1, 0.15) is 223 Å². The van der Waals surface area contributed by atoms with Gasteiger partial charge in [-0.25, -0.2) is 28.5 Å². The van der Waals surface area contributed by atoms with Crippen molar-refractivity contribution in [3.05, 3.63) is 106 Å². The number of aromatic nitrogens is 4. The average molecular weight is 1500 g/mol. The van der Waals surface area contributed by atoms with Gasteiger partial charge < -0.3 is 59.2 Å². The number of nitrogens with two attached hydrogens (primary N) is 1. The topological polar surface area (TPSA) is 247 Å². The first kappa shape index (κ1) is 97.2. The number of hydrogen-bond donors (Lipinski definition) is 3. The zero-order valence-electron chi connectivity index (χ0n) is 73.4. The lowest BCUT2D eigenvalue weighted by Crippen LogP contribution is -2.52. The maximum absolute atomic E-state index is 12.0. The van der Waals surface area contributed by atoms with Gasteiger partial charge in [-0.3, -0.25) is 30.1 Å². The predicted octanol–water partition coefficient (Wildman–Crippen LogP) is 16.5. The van der Waals surface area contributed by atoms with E-state index >= 15 is 0 Å². The van der Waals surface area contributed by atoms with Crippen molar-refractivity contribution in [3.8, 4) is 0 Å². The lowest BCUT2D eigenvalue weighted by Gasteiger charge is -2.43. The highest BCUT2D eigenvalue weighted by Gasteiger charge is 2.35. The zero-order valence-corrected chi connectivity index (χ0v) is 73.4. The van der Waals surface area contributed by atoms with Crippen LogP contribution in [-0.2, 0) is 30.7 Å². The zero-order chi connectivity index (χ0) is 83.1. The Morgan fingerprint density at radius 1 is 0.458 bits per heavy atom. The number of nitrogen functional groups attached to an aromatic ring is 1. The van der Waals surface area contributed by atoms with Crippen LogP contribution in [0.2, 0.25) is 0 Å². The fourth-order valence-electron chi connectivity index (χ4n) is 11.6. The summed E-state index contributed by atoms with van der Waals surface area (Å²) in [5.74, 6) is 0. The molecule has 5 amide bonds. The number of amides is 5. The molecule has 4 N–H and O–H groups in total. The third kappa shape index (κ3) is 37.7. The highest BCUT2D eigenvalue weighted by molar-refractivity contribution is 5.88. The van der Waals surface area contributed by atoms with E-state index in [1.54, 1.807) is 43.1 Å². The minimum Gasteiger partial charge on any atom is -0.444 e. The smallest absolute Gasteiger partial charge is 0.414 e. The van der Waals surface area contributed by atoms with Gasteiger partial charge in [0.05, 0.1) is 17.4 Å². The number of likely N-dealkylation sites (N-methyl/N-ethyl adjacent to an activating group) is 1. The molecule has 0 saturated carbocycles. The van der Waals surface area contributed by atoms with E-state index in [2.05, 4.69) is 121 Å². The number of aryl methyl sites for hydroxylation is 8. The van der Waals surface area contributed by atoms with Gasteiger partial charge in [-0.2, -0.15) is 0 Å². The molecular weight excluding hydrogens is 1350 g/mol. The maximum Gasteiger partial charge on any atom is 0.414 e. The average Bonchev–Trinajstić information content (AvgIpc) is 0.859. The van der Waals surface area contributed by atoms with E-state index in [0.29, 0.717) is 23.8 Å². The van der Waals surface area contributed by atoms with Crippen molar-refractivity contribution in [2.75, 3.05) is 77.2 Å². The van der Waals surface area contributed by atoms with E-state index < -0.39 is 34.1 Å². The molecule has 7 heterocycles. The minimum absolute atomic E-state index is 0.117. The Balaban J connectivity index is 0.000000630. The Morgan fingerprint density at radius 3 is 1.11 bits per heavy atom. The largest absolute Gasteiger partial charge is 0.444 e. The third-order valence-electron chi connectivity index (χ3n) is 18.1. The Kier molecular flexibility index (Phi) is 38.3. The number of hydrogen-bond acceptors (Lipinski definition) is 18. The van der Waals surface area contributed by atoms with Gasteiger partial charge in [0.1, 0.15) is 35.1 Å². The molecule has 0 bridgehead atoms. The van der Waals surface area contributed by atoms with Gasteiger partial charge in [0.2, 0.25) is 0 Å². The van der Waals surface area contributed by atoms with Crippen LogP contribution < -0.4 is 30.7 Å². The summed E-state index contributed by atoms with van der Waals surface area (Å²) < 4.78 is 28.7. The van der Waals surface area contributed by atoms with Crippen LogP contribution in [-0.4, -0.2) is 203 Å². The molecule has 2 fully saturated rings. The first-order valence-electron chi connectivity index (χ1n) is 37.6. The van der Waals surface area contributed by atoms with Gasteiger partial charge in [0, 0.05) is 155 Å². The first-order valence-corrected chi connectivity index (χ1v) is 37.6. The number of nitrogens with one attached hydrogen (secondary N) is 2. The van der Waals surface area contributed by atoms with Crippen molar-refractivity contribution in [1.82, 2.24) is 44.8 Å². The van der Waals surface area contributed by atoms with Crippen LogP contribution in [0.15, 0.2) is 60.3 Å².